The maximum atomic E-state index is 10.0. The van der Waals surface area contributed by atoms with Crippen LogP contribution in [0, 0.1) is 0 Å². The Morgan fingerprint density at radius 2 is 1.10 bits per heavy atom. The van der Waals surface area contributed by atoms with Gasteiger partial charge in [0.05, 0.1) is 19.5 Å². The highest BCUT2D eigenvalue weighted by Crippen LogP contribution is 2.22. The van der Waals surface area contributed by atoms with Gasteiger partial charge < -0.3 is 39.7 Å². The van der Waals surface area contributed by atoms with Gasteiger partial charge in [0.15, 0.2) is 6.29 Å². The fraction of sp³-hybridized carbons (Fsp3) is 0.939. The van der Waals surface area contributed by atoms with E-state index in [-0.39, 0.29) is 13.2 Å². The summed E-state index contributed by atoms with van der Waals surface area (Å²) in [4.78, 5) is 0. The first-order valence-corrected chi connectivity index (χ1v) is 16.9. The molecule has 1 fully saturated rings. The number of ether oxygens (including phenoxy) is 3. The van der Waals surface area contributed by atoms with Crippen LogP contribution in [0.1, 0.15) is 142 Å². The lowest BCUT2D eigenvalue weighted by molar-refractivity contribution is -0.304. The van der Waals surface area contributed by atoms with Crippen molar-refractivity contribution in [3.63, 3.8) is 0 Å². The topological polar surface area (TPSA) is 129 Å². The van der Waals surface area contributed by atoms with Crippen LogP contribution >= 0.6 is 0 Å². The Morgan fingerprint density at radius 3 is 1.56 bits per heavy atom. The van der Waals surface area contributed by atoms with Gasteiger partial charge in [-0.3, -0.25) is 0 Å². The number of aliphatic hydroxyl groups excluding tert-OH is 5. The number of rotatable bonds is 28. The Labute approximate surface area is 250 Å². The Balaban J connectivity index is 1.82. The van der Waals surface area contributed by atoms with E-state index in [9.17, 15) is 25.5 Å². The third-order valence-electron chi connectivity index (χ3n) is 8.01. The van der Waals surface area contributed by atoms with Gasteiger partial charge in [0.25, 0.3) is 0 Å². The predicted octanol–water partition coefficient (Wildman–Crippen LogP) is 5.91. The minimum absolute atomic E-state index is 0.0210. The lowest BCUT2D eigenvalue weighted by Crippen LogP contribution is -2.59. The average Bonchev–Trinajstić information content (AvgIpc) is 2.97. The van der Waals surface area contributed by atoms with Crippen molar-refractivity contribution < 1.29 is 39.7 Å². The van der Waals surface area contributed by atoms with Gasteiger partial charge in [-0.25, -0.2) is 0 Å². The highest BCUT2D eigenvalue weighted by molar-refractivity contribution is 4.89. The first kappa shape index (κ1) is 38.3. The molecule has 1 saturated heterocycles. The van der Waals surface area contributed by atoms with Gasteiger partial charge in [0.2, 0.25) is 0 Å². The SMILES string of the molecule is CCCCCCCCCCCCCCCCCCCCCCC=COCC(O)CO[C@H]1O[C@H](CO)[C@H](O)[C@H](O)[C@H]1O. The van der Waals surface area contributed by atoms with E-state index in [1.807, 2.05) is 6.08 Å². The summed E-state index contributed by atoms with van der Waals surface area (Å²) >= 11 is 0. The number of allylic oxidation sites excluding steroid dienone is 1. The van der Waals surface area contributed by atoms with Gasteiger partial charge in [-0.2, -0.15) is 0 Å². The molecule has 1 heterocycles. The van der Waals surface area contributed by atoms with Crippen LogP contribution in [0.4, 0.5) is 0 Å². The van der Waals surface area contributed by atoms with Crippen LogP contribution < -0.4 is 0 Å². The molecule has 41 heavy (non-hydrogen) atoms. The van der Waals surface area contributed by atoms with Crippen molar-refractivity contribution >= 4 is 0 Å². The zero-order chi connectivity index (χ0) is 30.0. The molecule has 1 unspecified atom stereocenters. The molecule has 0 radical (unpaired) electrons. The quantitative estimate of drug-likeness (QED) is 0.0564. The lowest BCUT2D eigenvalue weighted by Gasteiger charge is -2.39. The zero-order valence-electron chi connectivity index (χ0n) is 26.1. The Kier molecular flexibility index (Phi) is 25.1. The van der Waals surface area contributed by atoms with E-state index in [4.69, 9.17) is 14.2 Å². The van der Waals surface area contributed by atoms with E-state index in [2.05, 4.69) is 6.92 Å². The van der Waals surface area contributed by atoms with Gasteiger partial charge in [-0.05, 0) is 18.9 Å². The minimum atomic E-state index is -1.50. The first-order valence-electron chi connectivity index (χ1n) is 16.9. The van der Waals surface area contributed by atoms with Gasteiger partial charge in [0, 0.05) is 0 Å². The van der Waals surface area contributed by atoms with E-state index in [1.54, 1.807) is 6.26 Å². The van der Waals surface area contributed by atoms with Gasteiger partial charge in [-0.1, -0.05) is 129 Å². The molecule has 0 aromatic carbocycles. The van der Waals surface area contributed by atoms with E-state index in [1.165, 1.54) is 122 Å². The molecule has 0 saturated carbocycles. The van der Waals surface area contributed by atoms with Crippen LogP contribution in [0.2, 0.25) is 0 Å². The molecule has 244 valence electrons. The van der Waals surface area contributed by atoms with Crippen LogP contribution in [0.5, 0.6) is 0 Å². The van der Waals surface area contributed by atoms with Crippen molar-refractivity contribution in [2.75, 3.05) is 19.8 Å². The van der Waals surface area contributed by atoms with Crippen molar-refractivity contribution in [3.8, 4) is 0 Å². The molecule has 8 nitrogen and oxygen atoms in total. The molecular weight excluding hydrogens is 524 g/mol. The van der Waals surface area contributed by atoms with Gasteiger partial charge >= 0.3 is 0 Å². The molecule has 0 spiro atoms. The molecule has 0 aliphatic carbocycles. The van der Waals surface area contributed by atoms with Crippen LogP contribution in [0.15, 0.2) is 12.3 Å². The number of hydrogen-bond acceptors (Lipinski definition) is 8. The van der Waals surface area contributed by atoms with E-state index < -0.39 is 43.4 Å². The van der Waals surface area contributed by atoms with Crippen LogP contribution in [-0.4, -0.2) is 82.2 Å². The summed E-state index contributed by atoms with van der Waals surface area (Å²) in [6.07, 6.45) is 24.3. The predicted molar refractivity (Wildman–Crippen MR) is 163 cm³/mol. The molecule has 1 rings (SSSR count). The summed E-state index contributed by atoms with van der Waals surface area (Å²) in [6.45, 7) is 1.59. The Bertz CT molecular complexity index is 588. The van der Waals surface area contributed by atoms with E-state index in [0.717, 1.165) is 12.8 Å². The molecule has 5 N–H and O–H groups in total. The maximum Gasteiger partial charge on any atom is 0.186 e. The molecule has 6 atom stereocenters. The highest BCUT2D eigenvalue weighted by atomic mass is 16.7. The molecule has 0 aromatic heterocycles. The standard InChI is InChI=1S/C33H64O8/c1-2-3-4-5-6-7-8-9-10-11-12-13-14-15-16-17-18-19-20-21-22-23-24-39-26-28(35)27-40-33-32(38)31(37)30(36)29(25-34)41-33/h23-24,28-38H,2-22,25-27H2,1H3/t28?,29-,30+,31+,32-,33+/m1/s1. The third-order valence-corrected chi connectivity index (χ3v) is 8.01. The fourth-order valence-electron chi connectivity index (χ4n) is 5.28. The van der Waals surface area contributed by atoms with E-state index in [0.29, 0.717) is 0 Å². The summed E-state index contributed by atoms with van der Waals surface area (Å²) in [6, 6.07) is 0. The molecule has 0 aromatic rings. The Morgan fingerprint density at radius 1 is 0.634 bits per heavy atom. The Hall–Kier alpha value is -0.740. The highest BCUT2D eigenvalue weighted by Gasteiger charge is 2.44. The number of unbranched alkanes of at least 4 members (excludes halogenated alkanes) is 20. The number of aliphatic hydroxyl groups is 5. The molecular formula is C33H64O8. The maximum absolute atomic E-state index is 10.0. The minimum Gasteiger partial charge on any atom is -0.499 e. The van der Waals surface area contributed by atoms with Crippen LogP contribution in [-0.2, 0) is 14.2 Å². The average molecular weight is 589 g/mol. The smallest absolute Gasteiger partial charge is 0.186 e. The molecule has 0 amide bonds. The summed E-state index contributed by atoms with van der Waals surface area (Å²) in [5.41, 5.74) is 0. The van der Waals surface area contributed by atoms with E-state index >= 15 is 0 Å². The third kappa shape index (κ3) is 20.0. The second-order valence-electron chi connectivity index (χ2n) is 11.9. The molecule has 1 aliphatic rings. The monoisotopic (exact) mass is 588 g/mol. The van der Waals surface area contributed by atoms with Gasteiger partial charge in [-0.15, -0.1) is 0 Å². The summed E-state index contributed by atoms with van der Waals surface area (Å²) in [5, 5.41) is 48.7. The normalized spacial score (nSPS) is 23.8. The zero-order valence-corrected chi connectivity index (χ0v) is 26.1. The van der Waals surface area contributed by atoms with Crippen molar-refractivity contribution in [1.82, 2.24) is 0 Å². The largest absolute Gasteiger partial charge is 0.499 e. The van der Waals surface area contributed by atoms with Crippen LogP contribution in [0.25, 0.3) is 0 Å². The number of hydrogen-bond donors (Lipinski definition) is 5. The first-order chi connectivity index (χ1) is 20.0. The second-order valence-corrected chi connectivity index (χ2v) is 11.9. The summed E-state index contributed by atoms with van der Waals surface area (Å²) < 4.78 is 15.9. The van der Waals surface area contributed by atoms with Crippen molar-refractivity contribution in [2.24, 2.45) is 0 Å². The molecule has 8 heteroatoms. The van der Waals surface area contributed by atoms with Crippen molar-refractivity contribution in [1.29, 1.82) is 0 Å². The molecule has 1 aliphatic heterocycles. The second kappa shape index (κ2) is 26.9. The molecule has 0 bridgehead atoms. The van der Waals surface area contributed by atoms with Crippen molar-refractivity contribution in [2.45, 2.75) is 179 Å². The lowest BCUT2D eigenvalue weighted by atomic mass is 9.99. The van der Waals surface area contributed by atoms with Crippen LogP contribution in [0.3, 0.4) is 0 Å². The summed E-state index contributed by atoms with van der Waals surface area (Å²) in [7, 11) is 0. The summed E-state index contributed by atoms with van der Waals surface area (Å²) in [5.74, 6) is 0. The fourth-order valence-corrected chi connectivity index (χ4v) is 5.28. The van der Waals surface area contributed by atoms with Gasteiger partial charge in [0.1, 0.15) is 37.1 Å². The van der Waals surface area contributed by atoms with Crippen molar-refractivity contribution in [3.05, 3.63) is 12.3 Å².